The van der Waals surface area contributed by atoms with Gasteiger partial charge in [0.2, 0.25) is 0 Å². The van der Waals surface area contributed by atoms with Gasteiger partial charge < -0.3 is 0 Å². The monoisotopic (exact) mass is 374 g/mol. The minimum atomic E-state index is -5.50. The predicted octanol–water partition coefficient (Wildman–Crippen LogP) is 5.96. The molecule has 0 aromatic heterocycles. The Morgan fingerprint density at radius 3 is 1.72 bits per heavy atom. The summed E-state index contributed by atoms with van der Waals surface area (Å²) in [6.45, 7) is 0. The average Bonchev–Trinajstić information content (AvgIpc) is 2.15. The summed E-state index contributed by atoms with van der Waals surface area (Å²) in [5.41, 5.74) is -1.12. The van der Waals surface area contributed by atoms with Gasteiger partial charge in [-0.15, -0.1) is 0 Å². The van der Waals surface area contributed by atoms with Crippen molar-refractivity contribution in [3.8, 4) is 0 Å². The SMILES string of the molecule is FC(F)(F)C(c1ccc(Br)c(Cl)c1Cl)C(F)(F)F. The van der Waals surface area contributed by atoms with Gasteiger partial charge in [0.25, 0.3) is 0 Å². The molecule has 0 fully saturated rings. The second-order valence-corrected chi connectivity index (χ2v) is 4.89. The third-order valence-electron chi connectivity index (χ3n) is 2.03. The maximum atomic E-state index is 12.5. The summed E-state index contributed by atoms with van der Waals surface area (Å²) >= 11 is 13.8. The van der Waals surface area contributed by atoms with Crippen LogP contribution in [0, 0.1) is 0 Å². The molecule has 0 spiro atoms. The molecule has 0 saturated carbocycles. The summed E-state index contributed by atoms with van der Waals surface area (Å²) in [6.07, 6.45) is -11.0. The van der Waals surface area contributed by atoms with Crippen molar-refractivity contribution in [3.05, 3.63) is 32.2 Å². The van der Waals surface area contributed by atoms with Gasteiger partial charge in [-0.1, -0.05) is 29.3 Å². The third kappa shape index (κ3) is 3.24. The first-order chi connectivity index (χ1) is 7.96. The number of hydrogen-bond donors (Lipinski definition) is 0. The highest BCUT2D eigenvalue weighted by atomic mass is 79.9. The topological polar surface area (TPSA) is 0 Å². The number of rotatable bonds is 1. The number of benzene rings is 1. The molecule has 0 radical (unpaired) electrons. The lowest BCUT2D eigenvalue weighted by molar-refractivity contribution is -0.253. The predicted molar refractivity (Wildman–Crippen MR) is 59.0 cm³/mol. The summed E-state index contributed by atoms with van der Waals surface area (Å²) in [5.74, 6) is -3.66. The molecule has 1 rings (SSSR count). The first kappa shape index (κ1) is 15.9. The Morgan fingerprint density at radius 2 is 1.33 bits per heavy atom. The first-order valence-electron chi connectivity index (χ1n) is 4.23. The Morgan fingerprint density at radius 1 is 0.889 bits per heavy atom. The van der Waals surface area contributed by atoms with Gasteiger partial charge in [0.05, 0.1) is 10.0 Å². The quantitative estimate of drug-likeness (QED) is 0.419. The minimum Gasteiger partial charge on any atom is -0.170 e. The highest BCUT2D eigenvalue weighted by Gasteiger charge is 2.58. The summed E-state index contributed by atoms with van der Waals surface area (Å²) in [5, 5.41) is -1.17. The van der Waals surface area contributed by atoms with Crippen molar-refractivity contribution in [2.45, 2.75) is 18.3 Å². The Labute approximate surface area is 116 Å². The van der Waals surface area contributed by atoms with E-state index in [0.717, 1.165) is 6.07 Å². The normalized spacial score (nSPS) is 13.2. The van der Waals surface area contributed by atoms with E-state index in [1.807, 2.05) is 0 Å². The van der Waals surface area contributed by atoms with Crippen LogP contribution in [0.15, 0.2) is 16.6 Å². The average molecular weight is 376 g/mol. The Bertz CT molecular complexity index is 440. The molecule has 0 N–H and O–H groups in total. The molecule has 0 unspecified atom stereocenters. The molecule has 102 valence electrons. The van der Waals surface area contributed by atoms with E-state index >= 15 is 0 Å². The van der Waals surface area contributed by atoms with Gasteiger partial charge in [0.1, 0.15) is 0 Å². The molecule has 1 aromatic carbocycles. The summed E-state index contributed by atoms with van der Waals surface area (Å²) in [6, 6.07) is 1.62. The summed E-state index contributed by atoms with van der Waals surface area (Å²) in [4.78, 5) is 0. The van der Waals surface area contributed by atoms with E-state index in [4.69, 9.17) is 23.2 Å². The minimum absolute atomic E-state index is 0.112. The summed E-state index contributed by atoms with van der Waals surface area (Å²) < 4.78 is 75.0. The van der Waals surface area contributed by atoms with Crippen molar-refractivity contribution >= 4 is 39.1 Å². The number of hydrogen-bond acceptors (Lipinski definition) is 0. The first-order valence-corrected chi connectivity index (χ1v) is 5.78. The van der Waals surface area contributed by atoms with Crippen LogP contribution in [0.3, 0.4) is 0 Å². The molecule has 0 aliphatic heterocycles. The van der Waals surface area contributed by atoms with Gasteiger partial charge in [-0.25, -0.2) is 0 Å². The lowest BCUT2D eigenvalue weighted by Gasteiger charge is -2.24. The Hall–Kier alpha value is -0.140. The fourth-order valence-electron chi connectivity index (χ4n) is 1.30. The molecular formula is C9H3BrCl2F6. The highest BCUT2D eigenvalue weighted by molar-refractivity contribution is 9.10. The van der Waals surface area contributed by atoms with Crippen molar-refractivity contribution in [3.63, 3.8) is 0 Å². The van der Waals surface area contributed by atoms with E-state index < -0.39 is 33.9 Å². The zero-order chi connectivity index (χ0) is 14.3. The van der Waals surface area contributed by atoms with Crippen molar-refractivity contribution in [1.29, 1.82) is 0 Å². The maximum Gasteiger partial charge on any atom is 0.404 e. The van der Waals surface area contributed by atoms with Crippen molar-refractivity contribution in [2.24, 2.45) is 0 Å². The second-order valence-electron chi connectivity index (χ2n) is 3.28. The van der Waals surface area contributed by atoms with Crippen LogP contribution in [0.25, 0.3) is 0 Å². The molecule has 1 aromatic rings. The van der Waals surface area contributed by atoms with Crippen molar-refractivity contribution in [1.82, 2.24) is 0 Å². The van der Waals surface area contributed by atoms with Crippen LogP contribution in [-0.4, -0.2) is 12.4 Å². The van der Waals surface area contributed by atoms with Crippen LogP contribution in [0.4, 0.5) is 26.3 Å². The van der Waals surface area contributed by atoms with Crippen molar-refractivity contribution in [2.75, 3.05) is 0 Å². The maximum absolute atomic E-state index is 12.5. The van der Waals surface area contributed by atoms with Gasteiger partial charge in [-0.2, -0.15) is 26.3 Å². The molecule has 0 bridgehead atoms. The molecule has 0 aliphatic carbocycles. The van der Waals surface area contributed by atoms with Gasteiger partial charge in [-0.3, -0.25) is 0 Å². The summed E-state index contributed by atoms with van der Waals surface area (Å²) in [7, 11) is 0. The number of alkyl halides is 6. The smallest absolute Gasteiger partial charge is 0.170 e. The van der Waals surface area contributed by atoms with E-state index in [1.165, 1.54) is 0 Å². The number of halogens is 9. The van der Waals surface area contributed by atoms with E-state index in [2.05, 4.69) is 15.9 Å². The zero-order valence-corrected chi connectivity index (χ0v) is 11.2. The molecule has 0 heterocycles. The molecular weight excluding hydrogens is 373 g/mol. The van der Waals surface area contributed by atoms with Gasteiger partial charge >= 0.3 is 12.4 Å². The largest absolute Gasteiger partial charge is 0.404 e. The van der Waals surface area contributed by atoms with Gasteiger partial charge in [0.15, 0.2) is 5.92 Å². The zero-order valence-electron chi connectivity index (χ0n) is 8.13. The molecule has 0 amide bonds. The molecule has 0 saturated heterocycles. The standard InChI is InChI=1S/C9H3BrCl2F6/c10-4-2-1-3(5(11)6(4)12)7(8(13,14)15)9(16,17)18/h1-2,7H. The van der Waals surface area contributed by atoms with Gasteiger partial charge in [0, 0.05) is 4.47 Å². The fourth-order valence-corrected chi connectivity index (χ4v) is 2.19. The molecule has 0 nitrogen and oxygen atoms in total. The van der Waals surface area contributed by atoms with Crippen LogP contribution in [-0.2, 0) is 0 Å². The lowest BCUT2D eigenvalue weighted by Crippen LogP contribution is -2.34. The second kappa shape index (κ2) is 5.09. The van der Waals surface area contributed by atoms with Crippen LogP contribution in [0.5, 0.6) is 0 Å². The van der Waals surface area contributed by atoms with Crippen LogP contribution < -0.4 is 0 Å². The van der Waals surface area contributed by atoms with E-state index in [0.29, 0.717) is 6.07 Å². The Kier molecular flexibility index (Phi) is 4.50. The van der Waals surface area contributed by atoms with Crippen LogP contribution in [0.2, 0.25) is 10.0 Å². The molecule has 0 aliphatic rings. The molecule has 18 heavy (non-hydrogen) atoms. The molecule has 0 atom stereocenters. The van der Waals surface area contributed by atoms with Crippen molar-refractivity contribution < 1.29 is 26.3 Å². The lowest BCUT2D eigenvalue weighted by atomic mass is 9.98. The van der Waals surface area contributed by atoms with E-state index in [1.54, 1.807) is 0 Å². The van der Waals surface area contributed by atoms with E-state index in [9.17, 15) is 26.3 Å². The fraction of sp³-hybridized carbons (Fsp3) is 0.333. The molecule has 9 heteroatoms. The third-order valence-corrected chi connectivity index (χ3v) is 3.82. The van der Waals surface area contributed by atoms with Crippen LogP contribution >= 0.6 is 39.1 Å². The highest BCUT2D eigenvalue weighted by Crippen LogP contribution is 2.50. The Balaban J connectivity index is 3.46. The van der Waals surface area contributed by atoms with Crippen LogP contribution in [0.1, 0.15) is 11.5 Å². The van der Waals surface area contributed by atoms with E-state index in [-0.39, 0.29) is 4.47 Å². The van der Waals surface area contributed by atoms with Gasteiger partial charge in [-0.05, 0) is 27.6 Å².